The van der Waals surface area contributed by atoms with Crippen molar-refractivity contribution < 1.29 is 0 Å². The topological polar surface area (TPSA) is 14.2 Å². The molecule has 0 fully saturated rings. The van der Waals surface area contributed by atoms with Gasteiger partial charge in [0, 0.05) is 43.8 Å². The Balaban J connectivity index is 1.36. The largest absolute Gasteiger partial charge is 0.376 e. The van der Waals surface area contributed by atoms with Crippen LogP contribution in [0, 0.1) is 6.57 Å². The van der Waals surface area contributed by atoms with E-state index in [-0.39, 0.29) is 6.85 Å². The number of aromatic nitrogens is 2. The van der Waals surface area contributed by atoms with Gasteiger partial charge >= 0.3 is 6.85 Å². The van der Waals surface area contributed by atoms with Gasteiger partial charge in [-0.2, -0.15) is 0 Å². The number of nitrogens with zero attached hydrogens (tertiary/aromatic N) is 3. The van der Waals surface area contributed by atoms with Crippen LogP contribution in [0.25, 0.3) is 76.4 Å². The van der Waals surface area contributed by atoms with Gasteiger partial charge in [-0.25, -0.2) is 4.85 Å². The van der Waals surface area contributed by atoms with Gasteiger partial charge in [-0.3, -0.25) is 0 Å². The van der Waals surface area contributed by atoms with Crippen molar-refractivity contribution in [2.24, 2.45) is 0 Å². The van der Waals surface area contributed by atoms with Gasteiger partial charge in [0.1, 0.15) is 0 Å². The van der Waals surface area contributed by atoms with Gasteiger partial charge < -0.3 is 9.05 Å². The van der Waals surface area contributed by atoms with Crippen molar-refractivity contribution in [3.63, 3.8) is 0 Å². The third-order valence-electron chi connectivity index (χ3n) is 9.98. The van der Waals surface area contributed by atoms with Gasteiger partial charge in [-0.1, -0.05) is 133 Å². The zero-order valence-electron chi connectivity index (χ0n) is 25.4. The normalized spacial score (nSPS) is 12.2. The Bertz CT molecular complexity index is 2650. The van der Waals surface area contributed by atoms with E-state index in [0.717, 1.165) is 11.2 Å². The van der Waals surface area contributed by atoms with Crippen LogP contribution in [0.15, 0.2) is 158 Å². The van der Waals surface area contributed by atoms with Gasteiger partial charge in [0.25, 0.3) is 0 Å². The van der Waals surface area contributed by atoms with Crippen LogP contribution in [-0.4, -0.2) is 15.9 Å². The maximum Gasteiger partial charge on any atom is 0.332 e. The summed E-state index contributed by atoms with van der Waals surface area (Å²) in [5.41, 5.74) is 13.8. The lowest BCUT2D eigenvalue weighted by Crippen LogP contribution is -2.53. The van der Waals surface area contributed by atoms with Crippen LogP contribution in [0.4, 0.5) is 5.69 Å². The summed E-state index contributed by atoms with van der Waals surface area (Å²) in [5, 5.41) is 4.88. The van der Waals surface area contributed by atoms with Crippen LogP contribution < -0.4 is 10.9 Å². The molecule has 0 saturated carbocycles. The lowest BCUT2D eigenvalue weighted by molar-refractivity contribution is 1.18. The molecule has 9 aromatic rings. The Morgan fingerprint density at radius 1 is 0.447 bits per heavy atom. The molecule has 0 amide bonds. The highest BCUT2D eigenvalue weighted by atomic mass is 15.0. The molecule has 47 heavy (non-hydrogen) atoms. The van der Waals surface area contributed by atoms with E-state index in [0.29, 0.717) is 5.69 Å². The average molecular weight is 596 g/mol. The minimum Gasteiger partial charge on any atom is -0.376 e. The number of benzene rings is 7. The first-order valence-electron chi connectivity index (χ1n) is 16.0. The Labute approximate surface area is 272 Å². The maximum atomic E-state index is 7.73. The number of para-hydroxylation sites is 2. The molecule has 10 rings (SSSR count). The number of rotatable bonds is 3. The average Bonchev–Trinajstić information content (AvgIpc) is 3.65. The third kappa shape index (κ3) is 3.69. The first-order chi connectivity index (χ1) is 23.3. The second-order valence-electron chi connectivity index (χ2n) is 12.4. The van der Waals surface area contributed by atoms with Gasteiger partial charge in [0.2, 0.25) is 0 Å². The first-order valence-corrected chi connectivity index (χ1v) is 16.0. The highest BCUT2D eigenvalue weighted by molar-refractivity contribution is 6.88. The zero-order chi connectivity index (χ0) is 31.1. The molecule has 0 bridgehead atoms. The lowest BCUT2D eigenvalue weighted by atomic mass is 9.48. The summed E-state index contributed by atoms with van der Waals surface area (Å²) in [5.74, 6) is 0. The van der Waals surface area contributed by atoms with Gasteiger partial charge in [0.15, 0.2) is 5.69 Å². The summed E-state index contributed by atoms with van der Waals surface area (Å²) in [7, 11) is 0. The Hall–Kier alpha value is -6.31. The van der Waals surface area contributed by atoms with Crippen LogP contribution in [0.5, 0.6) is 0 Å². The van der Waals surface area contributed by atoms with E-state index in [1.165, 1.54) is 71.3 Å². The molecule has 7 aromatic carbocycles. The molecule has 2 aromatic heterocycles. The molecule has 0 atom stereocenters. The van der Waals surface area contributed by atoms with Crippen LogP contribution in [0.1, 0.15) is 0 Å². The monoisotopic (exact) mass is 595 g/mol. The molecule has 0 spiro atoms. The van der Waals surface area contributed by atoms with E-state index in [2.05, 4.69) is 159 Å². The van der Waals surface area contributed by atoms with Crippen molar-refractivity contribution >= 4 is 67.1 Å². The lowest BCUT2D eigenvalue weighted by Gasteiger charge is -2.28. The van der Waals surface area contributed by atoms with Crippen molar-refractivity contribution in [2.75, 3.05) is 0 Å². The Morgan fingerprint density at radius 2 is 1.02 bits per heavy atom. The molecule has 0 saturated heterocycles. The van der Waals surface area contributed by atoms with Crippen LogP contribution in [0.3, 0.4) is 0 Å². The summed E-state index contributed by atoms with van der Waals surface area (Å²) in [6.45, 7) is 7.67. The van der Waals surface area contributed by atoms with Gasteiger partial charge in [0.05, 0.1) is 12.1 Å². The van der Waals surface area contributed by atoms with E-state index < -0.39 is 0 Å². The zero-order valence-corrected chi connectivity index (χ0v) is 25.4. The highest BCUT2D eigenvalue weighted by Gasteiger charge is 2.36. The predicted octanol–water partition coefficient (Wildman–Crippen LogP) is 9.74. The first kappa shape index (κ1) is 26.0. The molecular formula is C43H26BN3. The Morgan fingerprint density at radius 3 is 1.68 bits per heavy atom. The fourth-order valence-electron chi connectivity index (χ4n) is 7.94. The smallest absolute Gasteiger partial charge is 0.332 e. The number of fused-ring (bicyclic) bond motifs is 8. The van der Waals surface area contributed by atoms with E-state index >= 15 is 0 Å². The molecule has 1 aliphatic heterocycles. The summed E-state index contributed by atoms with van der Waals surface area (Å²) < 4.78 is 4.97. The van der Waals surface area contributed by atoms with E-state index in [1.807, 2.05) is 12.1 Å². The number of hydrogen-bond donors (Lipinski definition) is 0. The minimum absolute atomic E-state index is 0.0657. The van der Waals surface area contributed by atoms with Crippen LogP contribution in [0.2, 0.25) is 0 Å². The Kier molecular flexibility index (Phi) is 5.44. The second-order valence-corrected chi connectivity index (χ2v) is 12.4. The van der Waals surface area contributed by atoms with Crippen molar-refractivity contribution in [3.8, 4) is 27.9 Å². The molecule has 3 nitrogen and oxygen atoms in total. The fraction of sp³-hybridized carbons (Fsp3) is 0. The molecule has 0 N–H and O–H groups in total. The third-order valence-corrected chi connectivity index (χ3v) is 9.98. The maximum absolute atomic E-state index is 7.73. The SMILES string of the molecule is [C-]#[N+]c1ccc2c3cccc4c3n(c2c1)-c1ccccc1B4n1c2cc(-c3ccccc3)ccc2c2ccc(-c3ccccc3)cc21. The fourth-order valence-corrected chi connectivity index (χ4v) is 7.94. The summed E-state index contributed by atoms with van der Waals surface area (Å²) in [4.78, 5) is 3.79. The summed E-state index contributed by atoms with van der Waals surface area (Å²) in [6, 6.07) is 56.9. The quantitative estimate of drug-likeness (QED) is 0.143. The van der Waals surface area contributed by atoms with Crippen LogP contribution >= 0.6 is 0 Å². The van der Waals surface area contributed by atoms with Crippen molar-refractivity contribution in [2.45, 2.75) is 0 Å². The molecular weight excluding hydrogens is 569 g/mol. The molecule has 3 heterocycles. The molecule has 0 unspecified atom stereocenters. The molecule has 0 aliphatic carbocycles. The molecule has 0 radical (unpaired) electrons. The molecule has 216 valence electrons. The van der Waals surface area contributed by atoms with Crippen molar-refractivity contribution in [1.82, 2.24) is 9.05 Å². The standard InChI is InChI=1S/C43H26BN3/c1-45-32-21-24-35-36-15-10-17-38-43(36)46(40(35)27-32)39-18-9-8-16-37(39)44(38)47-41-25-30(28-11-4-2-5-12-28)19-22-33(41)34-23-20-31(26-42(34)47)29-13-6-3-7-14-29/h2-27H. The predicted molar refractivity (Wildman–Crippen MR) is 198 cm³/mol. The number of hydrogen-bond acceptors (Lipinski definition) is 0. The minimum atomic E-state index is -0.0657. The van der Waals surface area contributed by atoms with E-state index in [1.54, 1.807) is 0 Å². The summed E-state index contributed by atoms with van der Waals surface area (Å²) >= 11 is 0. The molecule has 4 heteroatoms. The van der Waals surface area contributed by atoms with Crippen molar-refractivity contribution in [1.29, 1.82) is 0 Å². The van der Waals surface area contributed by atoms with Crippen molar-refractivity contribution in [3.05, 3.63) is 169 Å². The van der Waals surface area contributed by atoms with Gasteiger partial charge in [-0.15, -0.1) is 0 Å². The van der Waals surface area contributed by atoms with Gasteiger partial charge in [-0.05, 0) is 57.4 Å². The molecule has 1 aliphatic rings. The van der Waals surface area contributed by atoms with E-state index in [9.17, 15) is 0 Å². The van der Waals surface area contributed by atoms with Crippen LogP contribution in [-0.2, 0) is 0 Å². The highest BCUT2D eigenvalue weighted by Crippen LogP contribution is 2.39. The summed E-state index contributed by atoms with van der Waals surface area (Å²) in [6.07, 6.45) is 0. The van der Waals surface area contributed by atoms with E-state index in [4.69, 9.17) is 6.57 Å². The second kappa shape index (κ2) is 9.85.